The molecule has 1 aromatic heterocycles. The Balaban J connectivity index is 2.04. The van der Waals surface area contributed by atoms with E-state index in [2.05, 4.69) is 15.3 Å². The van der Waals surface area contributed by atoms with Crippen molar-refractivity contribution in [2.45, 2.75) is 18.6 Å². The molecule has 0 aliphatic rings. The van der Waals surface area contributed by atoms with Crippen LogP contribution >= 0.6 is 11.8 Å². The smallest absolute Gasteiger partial charge is 0.254 e. The molecule has 2 rings (SSSR count). The third kappa shape index (κ3) is 3.95. The third-order valence-electron chi connectivity index (χ3n) is 2.97. The summed E-state index contributed by atoms with van der Waals surface area (Å²) in [6.45, 7) is 2.24. The Morgan fingerprint density at radius 3 is 2.90 bits per heavy atom. The minimum atomic E-state index is -0.178. The summed E-state index contributed by atoms with van der Waals surface area (Å²) in [5.74, 6) is 0.591. The predicted octanol–water partition coefficient (Wildman–Crippen LogP) is 2.45. The molecule has 0 radical (unpaired) electrons. The molecule has 6 heteroatoms. The number of benzene rings is 1. The number of aryl methyl sites for hydroxylation is 1. The zero-order valence-corrected chi connectivity index (χ0v) is 13.0. The van der Waals surface area contributed by atoms with Gasteiger partial charge in [-0.05, 0) is 30.9 Å². The first-order valence-corrected chi connectivity index (χ1v) is 7.65. The summed E-state index contributed by atoms with van der Waals surface area (Å²) in [6, 6.07) is 7.58. The first-order valence-electron chi connectivity index (χ1n) is 6.43. The van der Waals surface area contributed by atoms with Crippen molar-refractivity contribution in [2.75, 3.05) is 13.4 Å². The molecule has 0 saturated carbocycles. The lowest BCUT2D eigenvalue weighted by molar-refractivity contribution is 0.0949. The maximum absolute atomic E-state index is 12.2. The zero-order chi connectivity index (χ0) is 15.2. The Morgan fingerprint density at radius 2 is 2.24 bits per heavy atom. The Bertz CT molecular complexity index is 647. The number of ether oxygens (including phenoxy) is 1. The Kier molecular flexibility index (Phi) is 5.16. The minimum absolute atomic E-state index is 0.178. The van der Waals surface area contributed by atoms with E-state index in [0.717, 1.165) is 11.3 Å². The van der Waals surface area contributed by atoms with Gasteiger partial charge in [0.15, 0.2) is 5.16 Å². The molecular formula is C15H17N3O2S. The number of amides is 1. The first kappa shape index (κ1) is 15.3. The van der Waals surface area contributed by atoms with Crippen molar-refractivity contribution in [1.29, 1.82) is 0 Å². The van der Waals surface area contributed by atoms with Crippen molar-refractivity contribution in [1.82, 2.24) is 15.3 Å². The van der Waals surface area contributed by atoms with Crippen molar-refractivity contribution in [3.8, 4) is 5.75 Å². The second kappa shape index (κ2) is 7.08. The van der Waals surface area contributed by atoms with E-state index in [0.29, 0.717) is 23.0 Å². The van der Waals surface area contributed by atoms with Crippen LogP contribution in [0.5, 0.6) is 5.75 Å². The van der Waals surface area contributed by atoms with Gasteiger partial charge >= 0.3 is 0 Å². The molecular weight excluding hydrogens is 286 g/mol. The lowest BCUT2D eigenvalue weighted by atomic mass is 10.2. The second-order valence-electron chi connectivity index (χ2n) is 4.39. The van der Waals surface area contributed by atoms with Gasteiger partial charge in [0, 0.05) is 12.7 Å². The largest absolute Gasteiger partial charge is 0.497 e. The van der Waals surface area contributed by atoms with Crippen LogP contribution in [0.25, 0.3) is 0 Å². The van der Waals surface area contributed by atoms with Gasteiger partial charge in [-0.3, -0.25) is 4.79 Å². The molecule has 21 heavy (non-hydrogen) atoms. The topological polar surface area (TPSA) is 64.1 Å². The van der Waals surface area contributed by atoms with Gasteiger partial charge in [0.1, 0.15) is 5.75 Å². The van der Waals surface area contributed by atoms with Crippen molar-refractivity contribution >= 4 is 17.7 Å². The summed E-state index contributed by atoms with van der Waals surface area (Å²) in [5.41, 5.74) is 2.15. The molecule has 1 N–H and O–H groups in total. The quantitative estimate of drug-likeness (QED) is 0.679. The number of nitrogens with zero attached hydrogens (tertiary/aromatic N) is 2. The van der Waals surface area contributed by atoms with Crippen LogP contribution in [0.15, 0.2) is 35.6 Å². The molecule has 0 atom stereocenters. The molecule has 0 spiro atoms. The third-order valence-corrected chi connectivity index (χ3v) is 3.53. The molecule has 1 amide bonds. The fraction of sp³-hybridized carbons (Fsp3) is 0.267. The van der Waals surface area contributed by atoms with E-state index in [9.17, 15) is 4.79 Å². The zero-order valence-electron chi connectivity index (χ0n) is 12.2. The number of aromatic nitrogens is 2. The van der Waals surface area contributed by atoms with Gasteiger partial charge in [0.25, 0.3) is 5.91 Å². The van der Waals surface area contributed by atoms with Gasteiger partial charge < -0.3 is 10.1 Å². The summed E-state index contributed by atoms with van der Waals surface area (Å²) < 4.78 is 5.16. The molecule has 0 aliphatic heterocycles. The molecule has 0 saturated heterocycles. The molecule has 1 heterocycles. The summed E-state index contributed by atoms with van der Waals surface area (Å²) in [5, 5.41) is 3.53. The van der Waals surface area contributed by atoms with Crippen molar-refractivity contribution in [3.63, 3.8) is 0 Å². The average Bonchev–Trinajstić information content (AvgIpc) is 2.52. The molecule has 0 fully saturated rings. The van der Waals surface area contributed by atoms with Crippen LogP contribution in [0, 0.1) is 6.92 Å². The highest BCUT2D eigenvalue weighted by atomic mass is 32.2. The van der Waals surface area contributed by atoms with E-state index in [4.69, 9.17) is 4.74 Å². The maximum atomic E-state index is 12.2. The number of hydrogen-bond donors (Lipinski definition) is 1. The van der Waals surface area contributed by atoms with Crippen LogP contribution < -0.4 is 10.1 Å². The van der Waals surface area contributed by atoms with Gasteiger partial charge in [0.05, 0.1) is 18.4 Å². The highest BCUT2D eigenvalue weighted by Crippen LogP contribution is 2.13. The highest BCUT2D eigenvalue weighted by Gasteiger charge is 2.11. The molecule has 1 aromatic carbocycles. The summed E-state index contributed by atoms with van der Waals surface area (Å²) >= 11 is 1.45. The maximum Gasteiger partial charge on any atom is 0.254 e. The fourth-order valence-electron chi connectivity index (χ4n) is 1.83. The van der Waals surface area contributed by atoms with E-state index in [1.807, 2.05) is 37.4 Å². The van der Waals surface area contributed by atoms with E-state index in [1.165, 1.54) is 11.8 Å². The second-order valence-corrected chi connectivity index (χ2v) is 5.16. The lowest BCUT2D eigenvalue weighted by Gasteiger charge is -2.08. The van der Waals surface area contributed by atoms with E-state index >= 15 is 0 Å². The van der Waals surface area contributed by atoms with E-state index in [1.54, 1.807) is 13.3 Å². The SMILES string of the molecule is COc1cccc(CNC(=O)c2cnc(SC)nc2C)c1. The molecule has 5 nitrogen and oxygen atoms in total. The van der Waals surface area contributed by atoms with Crippen LogP contribution in [-0.2, 0) is 6.54 Å². The number of thioether (sulfide) groups is 1. The van der Waals surface area contributed by atoms with E-state index < -0.39 is 0 Å². The molecule has 0 aliphatic carbocycles. The van der Waals surface area contributed by atoms with Crippen LogP contribution in [0.3, 0.4) is 0 Å². The molecule has 110 valence electrons. The number of methoxy groups -OCH3 is 1. The first-order chi connectivity index (χ1) is 10.1. The molecule has 0 bridgehead atoms. The summed E-state index contributed by atoms with van der Waals surface area (Å²) in [6.07, 6.45) is 3.46. The number of rotatable bonds is 5. The number of carbonyl (C=O) groups is 1. The molecule has 0 unspecified atom stereocenters. The van der Waals surface area contributed by atoms with Gasteiger partial charge in [-0.1, -0.05) is 23.9 Å². The fourth-order valence-corrected chi connectivity index (χ4v) is 2.21. The van der Waals surface area contributed by atoms with Crippen LogP contribution in [0.4, 0.5) is 0 Å². The van der Waals surface area contributed by atoms with Crippen molar-refractivity contribution in [3.05, 3.63) is 47.3 Å². The Morgan fingerprint density at radius 1 is 1.43 bits per heavy atom. The number of nitrogens with one attached hydrogen (secondary N) is 1. The highest BCUT2D eigenvalue weighted by molar-refractivity contribution is 7.98. The van der Waals surface area contributed by atoms with Gasteiger partial charge in [-0.25, -0.2) is 9.97 Å². The minimum Gasteiger partial charge on any atom is -0.497 e. The number of hydrogen-bond acceptors (Lipinski definition) is 5. The van der Waals surface area contributed by atoms with Gasteiger partial charge in [-0.15, -0.1) is 0 Å². The average molecular weight is 303 g/mol. The standard InChI is InChI=1S/C15H17N3O2S/c1-10-13(9-17-15(18-10)21-3)14(19)16-8-11-5-4-6-12(7-11)20-2/h4-7,9H,8H2,1-3H3,(H,16,19). The van der Waals surface area contributed by atoms with Crippen LogP contribution in [0.1, 0.15) is 21.6 Å². The van der Waals surface area contributed by atoms with Crippen molar-refractivity contribution < 1.29 is 9.53 Å². The van der Waals surface area contributed by atoms with Crippen molar-refractivity contribution in [2.24, 2.45) is 0 Å². The Hall–Kier alpha value is -2.08. The van der Waals surface area contributed by atoms with Crippen LogP contribution in [0.2, 0.25) is 0 Å². The number of carbonyl (C=O) groups excluding carboxylic acids is 1. The van der Waals surface area contributed by atoms with Gasteiger partial charge in [-0.2, -0.15) is 0 Å². The van der Waals surface area contributed by atoms with E-state index in [-0.39, 0.29) is 5.91 Å². The van der Waals surface area contributed by atoms with Gasteiger partial charge in [0.2, 0.25) is 0 Å². The van der Waals surface area contributed by atoms with Crippen LogP contribution in [-0.4, -0.2) is 29.2 Å². The molecule has 2 aromatic rings. The monoisotopic (exact) mass is 303 g/mol. The summed E-state index contributed by atoms with van der Waals surface area (Å²) in [7, 11) is 1.62. The Labute approximate surface area is 128 Å². The normalized spacial score (nSPS) is 10.2. The predicted molar refractivity (Wildman–Crippen MR) is 82.7 cm³/mol. The summed E-state index contributed by atoms with van der Waals surface area (Å²) in [4.78, 5) is 20.6. The lowest BCUT2D eigenvalue weighted by Crippen LogP contribution is -2.24.